The van der Waals surface area contributed by atoms with Gasteiger partial charge in [-0.1, -0.05) is 30.3 Å². The Labute approximate surface area is 158 Å². The predicted octanol–water partition coefficient (Wildman–Crippen LogP) is 2.81. The first-order valence-corrected chi connectivity index (χ1v) is 9.07. The minimum atomic E-state index is -0.0174. The lowest BCUT2D eigenvalue weighted by atomic mass is 10.1. The van der Waals surface area contributed by atoms with E-state index in [0.717, 1.165) is 30.2 Å². The van der Waals surface area contributed by atoms with Crippen LogP contribution in [0.15, 0.2) is 60.8 Å². The molecule has 1 aliphatic heterocycles. The Morgan fingerprint density at radius 2 is 1.67 bits per heavy atom. The van der Waals surface area contributed by atoms with Crippen LogP contribution in [-0.2, 0) is 0 Å². The molecule has 3 heterocycles. The second kappa shape index (κ2) is 7.53. The number of carbonyl (C=O) groups is 1. The summed E-state index contributed by atoms with van der Waals surface area (Å²) in [6.45, 7) is 4.84. The molecule has 3 aromatic rings. The third-order valence-corrected chi connectivity index (χ3v) is 4.85. The van der Waals surface area contributed by atoms with Gasteiger partial charge in [0.25, 0.3) is 5.91 Å². The van der Waals surface area contributed by atoms with E-state index in [-0.39, 0.29) is 5.91 Å². The summed E-state index contributed by atoms with van der Waals surface area (Å²) in [7, 11) is 0. The number of carbonyl (C=O) groups excluding carboxylic acids is 1. The molecule has 0 bridgehead atoms. The lowest BCUT2D eigenvalue weighted by molar-refractivity contribution is 0.0740. The lowest BCUT2D eigenvalue weighted by Gasteiger charge is -2.35. The number of hydrogen-bond acceptors (Lipinski definition) is 5. The molecule has 0 radical (unpaired) electrons. The van der Waals surface area contributed by atoms with E-state index in [9.17, 15) is 4.79 Å². The molecule has 0 spiro atoms. The van der Waals surface area contributed by atoms with Crippen LogP contribution in [0.1, 0.15) is 16.1 Å². The highest BCUT2D eigenvalue weighted by atomic mass is 16.2. The van der Waals surface area contributed by atoms with Crippen molar-refractivity contribution in [2.75, 3.05) is 31.1 Å². The van der Waals surface area contributed by atoms with Crippen molar-refractivity contribution in [2.45, 2.75) is 6.92 Å². The zero-order valence-electron chi connectivity index (χ0n) is 15.2. The van der Waals surface area contributed by atoms with Gasteiger partial charge in [0.1, 0.15) is 5.69 Å². The maximum absolute atomic E-state index is 12.5. The van der Waals surface area contributed by atoms with E-state index in [1.54, 1.807) is 12.3 Å². The van der Waals surface area contributed by atoms with Crippen molar-refractivity contribution < 1.29 is 4.79 Å². The molecule has 0 aliphatic carbocycles. The van der Waals surface area contributed by atoms with Crippen LogP contribution < -0.4 is 4.90 Å². The zero-order chi connectivity index (χ0) is 18.6. The summed E-state index contributed by atoms with van der Waals surface area (Å²) in [6, 6.07) is 17.6. The summed E-state index contributed by atoms with van der Waals surface area (Å²) in [5, 5.41) is 8.81. The second-order valence-electron chi connectivity index (χ2n) is 6.59. The average Bonchev–Trinajstić information content (AvgIpc) is 2.74. The van der Waals surface area contributed by atoms with Gasteiger partial charge in [-0.15, -0.1) is 10.2 Å². The second-order valence-corrected chi connectivity index (χ2v) is 6.59. The third-order valence-electron chi connectivity index (χ3n) is 4.85. The van der Waals surface area contributed by atoms with Crippen molar-refractivity contribution in [3.63, 3.8) is 0 Å². The first-order valence-electron chi connectivity index (χ1n) is 9.07. The van der Waals surface area contributed by atoms with Gasteiger partial charge in [0, 0.05) is 37.9 Å². The quantitative estimate of drug-likeness (QED) is 0.720. The molecule has 6 heteroatoms. The molecule has 136 valence electrons. The Balaban J connectivity index is 1.41. The molecule has 0 unspecified atom stereocenters. The Kier molecular flexibility index (Phi) is 4.78. The molecule has 27 heavy (non-hydrogen) atoms. The van der Waals surface area contributed by atoms with E-state index in [2.05, 4.69) is 39.1 Å². The largest absolute Gasteiger partial charge is 0.352 e. The molecule has 1 amide bonds. The molecule has 6 nitrogen and oxygen atoms in total. The number of hydrogen-bond donors (Lipinski definition) is 0. The maximum atomic E-state index is 12.5. The number of rotatable bonds is 3. The smallest absolute Gasteiger partial charge is 0.272 e. The fourth-order valence-electron chi connectivity index (χ4n) is 3.29. The SMILES string of the molecule is Cc1ccccc1-c1ccc(N2CCN(C(=O)c3ccccn3)CC2)nn1. The number of anilines is 1. The van der Waals surface area contributed by atoms with Crippen molar-refractivity contribution in [2.24, 2.45) is 0 Å². The van der Waals surface area contributed by atoms with E-state index in [1.165, 1.54) is 5.56 Å². The standard InChI is InChI=1S/C21H21N5O/c1-16-6-2-3-7-17(16)18-9-10-20(24-23-18)25-12-14-26(15-13-25)21(27)19-8-4-5-11-22-19/h2-11H,12-15H2,1H3. The topological polar surface area (TPSA) is 62.2 Å². The molecule has 1 saturated heterocycles. The number of benzene rings is 1. The summed E-state index contributed by atoms with van der Waals surface area (Å²) in [5.41, 5.74) is 3.65. The van der Waals surface area contributed by atoms with Crippen molar-refractivity contribution in [1.82, 2.24) is 20.1 Å². The number of aryl methyl sites for hydroxylation is 1. The molecule has 1 aromatic carbocycles. The zero-order valence-corrected chi connectivity index (χ0v) is 15.2. The summed E-state index contributed by atoms with van der Waals surface area (Å²) >= 11 is 0. The van der Waals surface area contributed by atoms with Gasteiger partial charge >= 0.3 is 0 Å². The van der Waals surface area contributed by atoms with E-state index < -0.39 is 0 Å². The summed E-state index contributed by atoms with van der Waals surface area (Å²) in [4.78, 5) is 20.6. The van der Waals surface area contributed by atoms with Crippen molar-refractivity contribution in [3.8, 4) is 11.3 Å². The van der Waals surface area contributed by atoms with Crippen LogP contribution in [0, 0.1) is 6.92 Å². The third kappa shape index (κ3) is 3.65. The first-order chi connectivity index (χ1) is 13.2. The molecule has 1 aliphatic rings. The van der Waals surface area contributed by atoms with Crippen molar-refractivity contribution in [3.05, 3.63) is 72.1 Å². The molecular weight excluding hydrogens is 338 g/mol. The van der Waals surface area contributed by atoms with Gasteiger partial charge in [-0.05, 0) is 36.8 Å². The highest BCUT2D eigenvalue weighted by molar-refractivity contribution is 5.92. The van der Waals surface area contributed by atoms with Gasteiger partial charge < -0.3 is 9.80 Å². The van der Waals surface area contributed by atoms with Gasteiger partial charge in [0.2, 0.25) is 0 Å². The van der Waals surface area contributed by atoms with Crippen LogP contribution in [0.4, 0.5) is 5.82 Å². The number of piperazine rings is 1. The normalized spacial score (nSPS) is 14.3. The Bertz CT molecular complexity index is 919. The predicted molar refractivity (Wildman–Crippen MR) is 105 cm³/mol. The molecule has 4 rings (SSSR count). The van der Waals surface area contributed by atoms with Crippen molar-refractivity contribution in [1.29, 1.82) is 0 Å². The van der Waals surface area contributed by atoms with E-state index >= 15 is 0 Å². The summed E-state index contributed by atoms with van der Waals surface area (Å²) in [6.07, 6.45) is 1.65. The summed E-state index contributed by atoms with van der Waals surface area (Å²) in [5.74, 6) is 0.827. The molecule has 1 fully saturated rings. The number of aromatic nitrogens is 3. The fourth-order valence-corrected chi connectivity index (χ4v) is 3.29. The number of nitrogens with zero attached hydrogens (tertiary/aromatic N) is 5. The highest BCUT2D eigenvalue weighted by Gasteiger charge is 2.23. The van der Waals surface area contributed by atoms with Crippen molar-refractivity contribution >= 4 is 11.7 Å². The molecular formula is C21H21N5O. The lowest BCUT2D eigenvalue weighted by Crippen LogP contribution is -2.49. The average molecular weight is 359 g/mol. The Morgan fingerprint density at radius 1 is 0.889 bits per heavy atom. The van der Waals surface area contributed by atoms with E-state index in [4.69, 9.17) is 0 Å². The summed E-state index contributed by atoms with van der Waals surface area (Å²) < 4.78 is 0. The van der Waals surface area contributed by atoms with Crippen LogP contribution in [0.2, 0.25) is 0 Å². The minimum absolute atomic E-state index is 0.0174. The number of amides is 1. The Morgan fingerprint density at radius 3 is 2.33 bits per heavy atom. The van der Waals surface area contributed by atoms with Crippen LogP contribution in [-0.4, -0.2) is 52.2 Å². The van der Waals surface area contributed by atoms with Crippen LogP contribution in [0.5, 0.6) is 0 Å². The van der Waals surface area contributed by atoms with Gasteiger partial charge in [-0.2, -0.15) is 0 Å². The van der Waals surface area contributed by atoms with Gasteiger partial charge in [-0.25, -0.2) is 0 Å². The van der Waals surface area contributed by atoms with E-state index in [0.29, 0.717) is 18.8 Å². The molecule has 0 saturated carbocycles. The molecule has 0 N–H and O–H groups in total. The maximum Gasteiger partial charge on any atom is 0.272 e. The van der Waals surface area contributed by atoms with E-state index in [1.807, 2.05) is 41.3 Å². The highest BCUT2D eigenvalue weighted by Crippen LogP contribution is 2.22. The van der Waals surface area contributed by atoms with Crippen LogP contribution >= 0.6 is 0 Å². The molecule has 2 aromatic heterocycles. The van der Waals surface area contributed by atoms with Crippen LogP contribution in [0.25, 0.3) is 11.3 Å². The fraction of sp³-hybridized carbons (Fsp3) is 0.238. The minimum Gasteiger partial charge on any atom is -0.352 e. The van der Waals surface area contributed by atoms with Crippen LogP contribution in [0.3, 0.4) is 0 Å². The first kappa shape index (κ1) is 17.1. The molecule has 0 atom stereocenters. The van der Waals surface area contributed by atoms with Gasteiger partial charge in [0.15, 0.2) is 5.82 Å². The van der Waals surface area contributed by atoms with Gasteiger partial charge in [-0.3, -0.25) is 9.78 Å². The number of pyridine rings is 1. The Hall–Kier alpha value is -3.28. The monoisotopic (exact) mass is 359 g/mol. The van der Waals surface area contributed by atoms with Gasteiger partial charge in [0.05, 0.1) is 5.69 Å².